The van der Waals surface area contributed by atoms with E-state index in [1.54, 1.807) is 11.3 Å². The highest BCUT2D eigenvalue weighted by Gasteiger charge is 2.18. The van der Waals surface area contributed by atoms with E-state index in [0.29, 0.717) is 0 Å². The lowest BCUT2D eigenvalue weighted by Gasteiger charge is -2.20. The van der Waals surface area contributed by atoms with Gasteiger partial charge in [0.1, 0.15) is 5.01 Å². The van der Waals surface area contributed by atoms with Crippen LogP contribution in [0.3, 0.4) is 0 Å². The van der Waals surface area contributed by atoms with E-state index in [-0.39, 0.29) is 6.04 Å². The molecule has 0 saturated carbocycles. The van der Waals surface area contributed by atoms with Gasteiger partial charge in [0, 0.05) is 11.1 Å². The zero-order chi connectivity index (χ0) is 13.8. The van der Waals surface area contributed by atoms with Gasteiger partial charge in [-0.25, -0.2) is 4.98 Å². The summed E-state index contributed by atoms with van der Waals surface area (Å²) in [6, 6.07) is 6.74. The number of benzene rings is 1. The lowest BCUT2D eigenvalue weighted by Crippen LogP contribution is -2.24. The van der Waals surface area contributed by atoms with Gasteiger partial charge in [-0.3, -0.25) is 0 Å². The first kappa shape index (κ1) is 14.2. The van der Waals surface area contributed by atoms with Crippen LogP contribution in [0.4, 0.5) is 0 Å². The standard InChI is InChI=1S/C16H22N2S/c1-5-9-17-15(16-18-12(3)10-19-16)14-8-6-7-11(2)13(14)4/h6-8,10,15,17H,5,9H2,1-4H3. The Morgan fingerprint density at radius 1 is 1.26 bits per heavy atom. The van der Waals surface area contributed by atoms with Crippen molar-refractivity contribution >= 4 is 11.3 Å². The zero-order valence-corrected chi connectivity index (χ0v) is 13.0. The van der Waals surface area contributed by atoms with Crippen molar-refractivity contribution in [3.8, 4) is 0 Å². The lowest BCUT2D eigenvalue weighted by atomic mass is 9.97. The summed E-state index contributed by atoms with van der Waals surface area (Å²) in [7, 11) is 0. The quantitative estimate of drug-likeness (QED) is 0.885. The molecule has 1 atom stereocenters. The van der Waals surface area contributed by atoms with E-state index in [1.165, 1.54) is 21.7 Å². The number of nitrogens with one attached hydrogen (secondary N) is 1. The van der Waals surface area contributed by atoms with Crippen LogP contribution in [-0.2, 0) is 0 Å². The number of hydrogen-bond donors (Lipinski definition) is 1. The Kier molecular flexibility index (Phi) is 4.72. The number of thiazole rings is 1. The largest absolute Gasteiger partial charge is 0.304 e. The minimum atomic E-state index is 0.221. The molecule has 0 bridgehead atoms. The van der Waals surface area contributed by atoms with Crippen molar-refractivity contribution in [3.05, 3.63) is 51.0 Å². The van der Waals surface area contributed by atoms with Gasteiger partial charge in [0.2, 0.25) is 0 Å². The van der Waals surface area contributed by atoms with Gasteiger partial charge in [-0.2, -0.15) is 0 Å². The Morgan fingerprint density at radius 3 is 2.68 bits per heavy atom. The van der Waals surface area contributed by atoms with Crippen LogP contribution < -0.4 is 5.32 Å². The third-order valence-corrected chi connectivity index (χ3v) is 4.47. The second kappa shape index (κ2) is 6.31. The maximum absolute atomic E-state index is 4.67. The molecule has 1 aromatic carbocycles. The molecule has 2 nitrogen and oxygen atoms in total. The van der Waals surface area contributed by atoms with Gasteiger partial charge in [-0.15, -0.1) is 11.3 Å². The molecule has 0 amide bonds. The first-order valence-corrected chi connectivity index (χ1v) is 7.73. The van der Waals surface area contributed by atoms with E-state index in [4.69, 9.17) is 0 Å². The highest BCUT2D eigenvalue weighted by atomic mass is 32.1. The number of aromatic nitrogens is 1. The molecule has 1 unspecified atom stereocenters. The fourth-order valence-corrected chi connectivity index (χ4v) is 3.10. The fourth-order valence-electron chi connectivity index (χ4n) is 2.21. The van der Waals surface area contributed by atoms with Gasteiger partial charge < -0.3 is 5.32 Å². The van der Waals surface area contributed by atoms with Crippen molar-refractivity contribution in [1.82, 2.24) is 10.3 Å². The Balaban J connectivity index is 2.39. The summed E-state index contributed by atoms with van der Waals surface area (Å²) in [4.78, 5) is 4.67. The Labute approximate surface area is 119 Å². The molecule has 19 heavy (non-hydrogen) atoms. The van der Waals surface area contributed by atoms with Crippen molar-refractivity contribution in [1.29, 1.82) is 0 Å². The van der Waals surface area contributed by atoms with Crippen LogP contribution in [0.1, 0.15) is 46.8 Å². The highest BCUT2D eigenvalue weighted by molar-refractivity contribution is 7.09. The Bertz CT molecular complexity index is 545. The molecule has 2 rings (SSSR count). The van der Waals surface area contributed by atoms with E-state index in [1.807, 2.05) is 0 Å². The van der Waals surface area contributed by atoms with E-state index in [9.17, 15) is 0 Å². The van der Waals surface area contributed by atoms with Crippen molar-refractivity contribution in [3.63, 3.8) is 0 Å². The van der Waals surface area contributed by atoms with Gasteiger partial charge in [0.15, 0.2) is 0 Å². The summed E-state index contributed by atoms with van der Waals surface area (Å²) in [5, 5.41) is 6.92. The molecule has 0 aliphatic carbocycles. The molecular weight excluding hydrogens is 252 g/mol. The topological polar surface area (TPSA) is 24.9 Å². The highest BCUT2D eigenvalue weighted by Crippen LogP contribution is 2.28. The minimum Gasteiger partial charge on any atom is -0.304 e. The minimum absolute atomic E-state index is 0.221. The number of aryl methyl sites for hydroxylation is 2. The number of hydrogen-bond acceptors (Lipinski definition) is 3. The normalized spacial score (nSPS) is 12.6. The zero-order valence-electron chi connectivity index (χ0n) is 12.2. The molecule has 102 valence electrons. The third-order valence-electron chi connectivity index (χ3n) is 3.44. The van der Waals surface area contributed by atoms with Gasteiger partial charge in [0.05, 0.1) is 6.04 Å². The molecular formula is C16H22N2S. The molecule has 0 aliphatic heterocycles. The van der Waals surface area contributed by atoms with Crippen LogP contribution in [0, 0.1) is 20.8 Å². The van der Waals surface area contributed by atoms with E-state index in [0.717, 1.165) is 18.7 Å². The van der Waals surface area contributed by atoms with Gasteiger partial charge in [-0.1, -0.05) is 25.1 Å². The van der Waals surface area contributed by atoms with Crippen LogP contribution in [0.5, 0.6) is 0 Å². The average molecular weight is 274 g/mol. The molecule has 2 aromatic rings. The van der Waals surface area contributed by atoms with Gasteiger partial charge in [-0.05, 0) is 50.4 Å². The molecule has 1 N–H and O–H groups in total. The van der Waals surface area contributed by atoms with Gasteiger partial charge >= 0.3 is 0 Å². The molecule has 1 aromatic heterocycles. The Morgan fingerprint density at radius 2 is 2.05 bits per heavy atom. The maximum atomic E-state index is 4.67. The molecule has 3 heteroatoms. The smallest absolute Gasteiger partial charge is 0.114 e. The van der Waals surface area contributed by atoms with Crippen molar-refractivity contribution in [2.75, 3.05) is 6.54 Å². The SMILES string of the molecule is CCCNC(c1nc(C)cs1)c1cccc(C)c1C. The molecule has 0 fully saturated rings. The summed E-state index contributed by atoms with van der Waals surface area (Å²) >= 11 is 1.74. The molecule has 0 saturated heterocycles. The van der Waals surface area contributed by atoms with Crippen LogP contribution in [0.2, 0.25) is 0 Å². The lowest BCUT2D eigenvalue weighted by molar-refractivity contribution is 0.592. The Hall–Kier alpha value is -1.19. The van der Waals surface area contributed by atoms with Gasteiger partial charge in [0.25, 0.3) is 0 Å². The predicted molar refractivity (Wildman–Crippen MR) is 82.9 cm³/mol. The van der Waals surface area contributed by atoms with E-state index < -0.39 is 0 Å². The molecule has 1 heterocycles. The summed E-state index contributed by atoms with van der Waals surface area (Å²) < 4.78 is 0. The molecule has 0 radical (unpaired) electrons. The summed E-state index contributed by atoms with van der Waals surface area (Å²) in [6.07, 6.45) is 1.13. The van der Waals surface area contributed by atoms with Crippen LogP contribution in [0.15, 0.2) is 23.6 Å². The molecule has 0 spiro atoms. The maximum Gasteiger partial charge on any atom is 0.114 e. The average Bonchev–Trinajstić information content (AvgIpc) is 2.81. The second-order valence-electron chi connectivity index (χ2n) is 5.00. The second-order valence-corrected chi connectivity index (χ2v) is 5.89. The van der Waals surface area contributed by atoms with Crippen molar-refractivity contribution in [2.45, 2.75) is 40.2 Å². The van der Waals surface area contributed by atoms with E-state index >= 15 is 0 Å². The van der Waals surface area contributed by atoms with Crippen LogP contribution in [-0.4, -0.2) is 11.5 Å². The first-order chi connectivity index (χ1) is 9.13. The summed E-state index contributed by atoms with van der Waals surface area (Å²) in [6.45, 7) is 9.63. The number of nitrogens with zero attached hydrogens (tertiary/aromatic N) is 1. The summed E-state index contributed by atoms with van der Waals surface area (Å²) in [5.74, 6) is 0. The van der Waals surface area contributed by atoms with Crippen molar-refractivity contribution in [2.24, 2.45) is 0 Å². The summed E-state index contributed by atoms with van der Waals surface area (Å²) in [5.41, 5.74) is 5.16. The van der Waals surface area contributed by atoms with Crippen LogP contribution in [0.25, 0.3) is 0 Å². The first-order valence-electron chi connectivity index (χ1n) is 6.85. The monoisotopic (exact) mass is 274 g/mol. The number of rotatable bonds is 5. The third kappa shape index (κ3) is 3.23. The van der Waals surface area contributed by atoms with Crippen molar-refractivity contribution < 1.29 is 0 Å². The molecule has 0 aliphatic rings. The van der Waals surface area contributed by atoms with Crippen LogP contribution >= 0.6 is 11.3 Å². The van der Waals surface area contributed by atoms with E-state index in [2.05, 4.69) is 61.6 Å². The fraction of sp³-hybridized carbons (Fsp3) is 0.438. The predicted octanol–water partition coefficient (Wildman–Crippen LogP) is 4.16.